The van der Waals surface area contributed by atoms with Gasteiger partial charge in [0.2, 0.25) is 0 Å². The van der Waals surface area contributed by atoms with E-state index < -0.39 is 12.4 Å². The molecule has 2 nitrogen and oxygen atoms in total. The van der Waals surface area contributed by atoms with E-state index in [1.165, 1.54) is 18.2 Å². The number of ether oxygens (including phenoxy) is 1. The molecular formula is C9H10F3NO. The Balaban J connectivity index is 2.95. The van der Waals surface area contributed by atoms with Crippen LogP contribution in [-0.4, -0.2) is 13.2 Å². The molecule has 5 heteroatoms. The Hall–Kier alpha value is -1.23. The molecule has 0 heterocycles. The van der Waals surface area contributed by atoms with Gasteiger partial charge in [-0.15, -0.1) is 0 Å². The van der Waals surface area contributed by atoms with Gasteiger partial charge < -0.3 is 10.5 Å². The molecule has 0 aliphatic rings. The highest BCUT2D eigenvalue weighted by molar-refractivity contribution is 5.34. The average Bonchev–Trinajstić information content (AvgIpc) is 2.10. The molecule has 1 rings (SSSR count). The maximum atomic E-state index is 13.1. The first kappa shape index (κ1) is 10.8. The van der Waals surface area contributed by atoms with E-state index in [9.17, 15) is 13.2 Å². The largest absolute Gasteiger partial charge is 0.434 e. The van der Waals surface area contributed by atoms with Crippen molar-refractivity contribution in [2.24, 2.45) is 5.73 Å². The number of nitrogens with two attached hydrogens (primary N) is 1. The van der Waals surface area contributed by atoms with Crippen LogP contribution in [0.25, 0.3) is 0 Å². The smallest absolute Gasteiger partial charge is 0.387 e. The SMILES string of the molecule is NCCc1c(F)cccc1OC(F)F. The lowest BCUT2D eigenvalue weighted by atomic mass is 10.1. The lowest BCUT2D eigenvalue weighted by Gasteiger charge is -2.10. The number of hydrogen-bond donors (Lipinski definition) is 1. The second kappa shape index (κ2) is 4.85. The summed E-state index contributed by atoms with van der Waals surface area (Å²) in [6, 6.07) is 3.79. The van der Waals surface area contributed by atoms with E-state index in [2.05, 4.69) is 4.74 Å². The highest BCUT2D eigenvalue weighted by atomic mass is 19.3. The zero-order valence-electron chi connectivity index (χ0n) is 7.34. The maximum absolute atomic E-state index is 13.1. The van der Waals surface area contributed by atoms with Gasteiger partial charge in [-0.3, -0.25) is 0 Å². The topological polar surface area (TPSA) is 35.2 Å². The predicted molar refractivity (Wildman–Crippen MR) is 45.8 cm³/mol. The van der Waals surface area contributed by atoms with Crippen LogP contribution in [0.15, 0.2) is 18.2 Å². The first-order chi connectivity index (χ1) is 6.65. The Morgan fingerprint density at radius 1 is 1.36 bits per heavy atom. The van der Waals surface area contributed by atoms with Crippen LogP contribution in [0.4, 0.5) is 13.2 Å². The first-order valence-corrected chi connectivity index (χ1v) is 4.07. The summed E-state index contributed by atoms with van der Waals surface area (Å²) in [6.07, 6.45) is 0.175. The number of rotatable bonds is 4. The Bertz CT molecular complexity index is 304. The Morgan fingerprint density at radius 2 is 2.07 bits per heavy atom. The molecule has 0 bridgehead atoms. The van der Waals surface area contributed by atoms with Crippen LogP contribution in [0.5, 0.6) is 5.75 Å². The van der Waals surface area contributed by atoms with Gasteiger partial charge in [0.1, 0.15) is 11.6 Å². The summed E-state index contributed by atoms with van der Waals surface area (Å²) >= 11 is 0. The van der Waals surface area contributed by atoms with Crippen LogP contribution >= 0.6 is 0 Å². The summed E-state index contributed by atoms with van der Waals surface area (Å²) in [7, 11) is 0. The summed E-state index contributed by atoms with van der Waals surface area (Å²) in [5.74, 6) is -0.723. The molecule has 0 amide bonds. The summed E-state index contributed by atoms with van der Waals surface area (Å²) < 4.78 is 41.1. The average molecular weight is 205 g/mol. The monoisotopic (exact) mass is 205 g/mol. The fourth-order valence-electron chi connectivity index (χ4n) is 1.13. The summed E-state index contributed by atoms with van der Waals surface area (Å²) in [6.45, 7) is -2.77. The second-order valence-corrected chi connectivity index (χ2v) is 2.63. The van der Waals surface area contributed by atoms with Crippen LogP contribution in [-0.2, 0) is 6.42 Å². The minimum absolute atomic E-state index is 0.0929. The highest BCUT2D eigenvalue weighted by Gasteiger charge is 2.12. The van der Waals surface area contributed by atoms with Crippen LogP contribution in [0.2, 0.25) is 0 Å². The summed E-state index contributed by atoms with van der Waals surface area (Å²) in [5.41, 5.74) is 5.31. The van der Waals surface area contributed by atoms with Gasteiger partial charge in [0.15, 0.2) is 0 Å². The van der Waals surface area contributed by atoms with Crippen LogP contribution in [0.3, 0.4) is 0 Å². The molecular weight excluding hydrogens is 195 g/mol. The number of halogens is 3. The van der Waals surface area contributed by atoms with Crippen LogP contribution in [0, 0.1) is 5.82 Å². The van der Waals surface area contributed by atoms with Gasteiger partial charge in [0.25, 0.3) is 0 Å². The third-order valence-electron chi connectivity index (χ3n) is 1.69. The van der Waals surface area contributed by atoms with Crippen molar-refractivity contribution >= 4 is 0 Å². The van der Waals surface area contributed by atoms with E-state index in [1.807, 2.05) is 0 Å². The molecule has 78 valence electrons. The van der Waals surface area contributed by atoms with Crippen LogP contribution in [0.1, 0.15) is 5.56 Å². The Kier molecular flexibility index (Phi) is 3.76. The molecule has 0 radical (unpaired) electrons. The van der Waals surface area contributed by atoms with Crippen molar-refractivity contribution in [1.29, 1.82) is 0 Å². The highest BCUT2D eigenvalue weighted by Crippen LogP contribution is 2.23. The molecule has 0 saturated heterocycles. The lowest BCUT2D eigenvalue weighted by molar-refractivity contribution is -0.0506. The van der Waals surface area contributed by atoms with Crippen molar-refractivity contribution in [3.8, 4) is 5.75 Å². The molecule has 0 saturated carbocycles. The fraction of sp³-hybridized carbons (Fsp3) is 0.333. The normalized spacial score (nSPS) is 10.6. The number of hydrogen-bond acceptors (Lipinski definition) is 2. The lowest BCUT2D eigenvalue weighted by Crippen LogP contribution is -2.09. The van der Waals surface area contributed by atoms with E-state index in [-0.39, 0.29) is 24.3 Å². The van der Waals surface area contributed by atoms with Gasteiger partial charge in [0.05, 0.1) is 0 Å². The summed E-state index contributed by atoms with van der Waals surface area (Å²) in [4.78, 5) is 0. The molecule has 14 heavy (non-hydrogen) atoms. The Morgan fingerprint density at radius 3 is 2.64 bits per heavy atom. The maximum Gasteiger partial charge on any atom is 0.387 e. The van der Waals surface area contributed by atoms with Crippen LogP contribution < -0.4 is 10.5 Å². The number of benzene rings is 1. The van der Waals surface area contributed by atoms with Gasteiger partial charge in [0, 0.05) is 5.56 Å². The Labute approximate surface area is 79.5 Å². The zero-order chi connectivity index (χ0) is 10.6. The third kappa shape index (κ3) is 2.63. The van der Waals surface area contributed by atoms with E-state index in [1.54, 1.807) is 0 Å². The number of alkyl halides is 2. The summed E-state index contributed by atoms with van der Waals surface area (Å²) in [5, 5.41) is 0. The quantitative estimate of drug-likeness (QED) is 0.815. The molecule has 0 spiro atoms. The van der Waals surface area contributed by atoms with Crippen molar-refractivity contribution in [3.05, 3.63) is 29.6 Å². The van der Waals surface area contributed by atoms with Gasteiger partial charge in [-0.25, -0.2) is 4.39 Å². The molecule has 0 aromatic heterocycles. The molecule has 1 aromatic rings. The third-order valence-corrected chi connectivity index (χ3v) is 1.69. The zero-order valence-corrected chi connectivity index (χ0v) is 7.34. The molecule has 0 aliphatic carbocycles. The molecule has 0 atom stereocenters. The van der Waals surface area contributed by atoms with Gasteiger partial charge >= 0.3 is 6.61 Å². The minimum Gasteiger partial charge on any atom is -0.434 e. The van der Waals surface area contributed by atoms with Crippen molar-refractivity contribution in [1.82, 2.24) is 0 Å². The molecule has 0 fully saturated rings. The van der Waals surface area contributed by atoms with Gasteiger partial charge in [-0.2, -0.15) is 8.78 Å². The first-order valence-electron chi connectivity index (χ1n) is 4.07. The van der Waals surface area contributed by atoms with Crippen molar-refractivity contribution in [3.63, 3.8) is 0 Å². The molecule has 0 unspecified atom stereocenters. The predicted octanol–water partition coefficient (Wildman–Crippen LogP) is 1.93. The molecule has 1 aromatic carbocycles. The standard InChI is InChI=1S/C9H10F3NO/c10-7-2-1-3-8(14-9(11)12)6(7)4-5-13/h1-3,9H,4-5,13H2. The van der Waals surface area contributed by atoms with E-state index in [0.29, 0.717) is 0 Å². The fourth-order valence-corrected chi connectivity index (χ4v) is 1.13. The second-order valence-electron chi connectivity index (χ2n) is 2.63. The van der Waals surface area contributed by atoms with E-state index >= 15 is 0 Å². The van der Waals surface area contributed by atoms with Crippen molar-refractivity contribution < 1.29 is 17.9 Å². The van der Waals surface area contributed by atoms with Gasteiger partial charge in [-0.1, -0.05) is 6.07 Å². The molecule has 2 N–H and O–H groups in total. The van der Waals surface area contributed by atoms with Gasteiger partial charge in [-0.05, 0) is 25.1 Å². The van der Waals surface area contributed by atoms with E-state index in [4.69, 9.17) is 5.73 Å². The minimum atomic E-state index is -2.95. The van der Waals surface area contributed by atoms with Crippen molar-refractivity contribution in [2.75, 3.05) is 6.54 Å². The molecule has 0 aliphatic heterocycles. The van der Waals surface area contributed by atoms with E-state index in [0.717, 1.165) is 0 Å². The van der Waals surface area contributed by atoms with Crippen molar-refractivity contribution in [2.45, 2.75) is 13.0 Å².